The van der Waals surface area contributed by atoms with Gasteiger partial charge in [-0.3, -0.25) is 9.59 Å². The number of aromatic nitrogens is 3. The molecule has 1 saturated carbocycles. The van der Waals surface area contributed by atoms with Gasteiger partial charge in [-0.1, -0.05) is 6.08 Å². The van der Waals surface area contributed by atoms with E-state index in [0.29, 0.717) is 61.3 Å². The molecule has 3 heterocycles. The first-order valence-corrected chi connectivity index (χ1v) is 11.8. The van der Waals surface area contributed by atoms with Crippen LogP contribution in [0, 0.1) is 17.7 Å². The van der Waals surface area contributed by atoms with Crippen LogP contribution >= 0.6 is 0 Å². The lowest BCUT2D eigenvalue weighted by Crippen LogP contribution is -2.43. The van der Waals surface area contributed by atoms with E-state index in [4.69, 9.17) is 4.74 Å². The highest BCUT2D eigenvalue weighted by Crippen LogP contribution is 2.36. The fraction of sp³-hybridized carbons (Fsp3) is 0.385. The third-order valence-corrected chi connectivity index (χ3v) is 7.15. The van der Waals surface area contributed by atoms with Gasteiger partial charge in [0.1, 0.15) is 23.5 Å². The zero-order valence-electron chi connectivity index (χ0n) is 19.4. The van der Waals surface area contributed by atoms with E-state index in [1.54, 1.807) is 6.07 Å². The van der Waals surface area contributed by atoms with Gasteiger partial charge < -0.3 is 20.1 Å². The third kappa shape index (κ3) is 4.55. The van der Waals surface area contributed by atoms with E-state index in [9.17, 15) is 19.1 Å². The molecule has 2 aromatic heterocycles. The van der Waals surface area contributed by atoms with Crippen molar-refractivity contribution in [2.24, 2.45) is 11.8 Å². The van der Waals surface area contributed by atoms with Gasteiger partial charge in [0.2, 0.25) is 0 Å². The number of rotatable bonds is 6. The van der Waals surface area contributed by atoms with Crippen LogP contribution in [0.5, 0.6) is 5.75 Å². The largest absolute Gasteiger partial charge is 0.496 e. The molecule has 0 amide bonds. The molecule has 182 valence electrons. The van der Waals surface area contributed by atoms with Gasteiger partial charge in [0.15, 0.2) is 5.78 Å². The molecule has 3 N–H and O–H groups in total. The van der Waals surface area contributed by atoms with Gasteiger partial charge in [-0.2, -0.15) is 0 Å². The SMILES string of the molecule is COc1ccc(F)cc1-c1ncnc2[nH]c(C3=CCNC(C(=O)C4CCC(C(=O)O)CC4)C3)cc12. The van der Waals surface area contributed by atoms with Crippen LogP contribution < -0.4 is 10.1 Å². The van der Waals surface area contributed by atoms with Crippen LogP contribution in [-0.2, 0) is 9.59 Å². The number of carboxylic acids is 1. The summed E-state index contributed by atoms with van der Waals surface area (Å²) < 4.78 is 19.4. The molecule has 1 aromatic carbocycles. The summed E-state index contributed by atoms with van der Waals surface area (Å²) >= 11 is 0. The topological polar surface area (TPSA) is 117 Å². The normalized spacial score (nSPS) is 22.6. The average molecular weight is 479 g/mol. The highest BCUT2D eigenvalue weighted by atomic mass is 19.1. The molecule has 3 aromatic rings. The monoisotopic (exact) mass is 478 g/mol. The van der Waals surface area contributed by atoms with Gasteiger partial charge in [-0.25, -0.2) is 14.4 Å². The van der Waals surface area contributed by atoms with Crippen molar-refractivity contribution in [3.05, 3.63) is 48.2 Å². The second kappa shape index (κ2) is 9.58. The number of carbonyl (C=O) groups excluding carboxylic acids is 1. The Kier molecular flexibility index (Phi) is 6.34. The van der Waals surface area contributed by atoms with Gasteiger partial charge in [0.05, 0.1) is 24.8 Å². The molecule has 8 nitrogen and oxygen atoms in total. The number of ether oxygens (including phenoxy) is 1. The first-order valence-electron chi connectivity index (χ1n) is 11.8. The summed E-state index contributed by atoms with van der Waals surface area (Å²) in [5.74, 6) is -0.938. The van der Waals surface area contributed by atoms with Crippen molar-refractivity contribution in [1.29, 1.82) is 0 Å². The first kappa shape index (κ1) is 23.2. The Morgan fingerprint density at radius 2 is 1.89 bits per heavy atom. The molecule has 35 heavy (non-hydrogen) atoms. The molecule has 9 heteroatoms. The van der Waals surface area contributed by atoms with Crippen molar-refractivity contribution in [1.82, 2.24) is 20.3 Å². The summed E-state index contributed by atoms with van der Waals surface area (Å²) in [5, 5.41) is 13.3. The van der Waals surface area contributed by atoms with E-state index in [0.717, 1.165) is 16.7 Å². The Bertz CT molecular complexity index is 1310. The average Bonchev–Trinajstić information content (AvgIpc) is 3.33. The molecule has 0 spiro atoms. The van der Waals surface area contributed by atoms with Gasteiger partial charge in [-0.15, -0.1) is 0 Å². The Morgan fingerprint density at radius 1 is 1.11 bits per heavy atom. The standard InChI is InChI=1S/C26H27FN4O4/c1-35-22-7-6-17(27)11-18(22)23-19-12-20(31-25(19)30-13-29-23)16-8-9-28-21(10-16)24(32)14-2-4-15(5-3-14)26(33)34/h6-8,11-15,21,28H,2-5,9-10H2,1H3,(H,33,34)(H,29,30,31). The van der Waals surface area contributed by atoms with Crippen LogP contribution in [0.25, 0.3) is 27.9 Å². The predicted molar refractivity (Wildman–Crippen MR) is 128 cm³/mol. The molecule has 0 radical (unpaired) electrons. The zero-order chi connectivity index (χ0) is 24.5. The molecule has 2 aliphatic rings. The number of H-pyrrole nitrogens is 1. The number of aliphatic carboxylic acids is 1. The van der Waals surface area contributed by atoms with Crippen molar-refractivity contribution in [2.75, 3.05) is 13.7 Å². The van der Waals surface area contributed by atoms with Crippen molar-refractivity contribution in [3.63, 3.8) is 0 Å². The number of ketones is 1. The summed E-state index contributed by atoms with van der Waals surface area (Å²) in [7, 11) is 1.53. The predicted octanol–water partition coefficient (Wildman–Crippen LogP) is 3.98. The van der Waals surface area contributed by atoms with Crippen LogP contribution in [-0.4, -0.2) is 51.5 Å². The maximum atomic E-state index is 14.0. The molecule has 1 aliphatic carbocycles. The number of hydrogen-bond acceptors (Lipinski definition) is 6. The molecule has 1 fully saturated rings. The number of hydrogen-bond donors (Lipinski definition) is 3. The van der Waals surface area contributed by atoms with Gasteiger partial charge in [0.25, 0.3) is 0 Å². The van der Waals surface area contributed by atoms with Crippen LogP contribution in [0.2, 0.25) is 0 Å². The lowest BCUT2D eigenvalue weighted by atomic mass is 9.77. The van der Waals surface area contributed by atoms with E-state index < -0.39 is 5.97 Å². The molecule has 1 unspecified atom stereocenters. The van der Waals surface area contributed by atoms with Crippen LogP contribution in [0.1, 0.15) is 37.8 Å². The number of nitrogens with zero attached hydrogens (tertiary/aromatic N) is 2. The molecule has 0 saturated heterocycles. The minimum absolute atomic E-state index is 0.108. The highest BCUT2D eigenvalue weighted by molar-refractivity contribution is 5.95. The Balaban J connectivity index is 1.38. The maximum absolute atomic E-state index is 14.0. The lowest BCUT2D eigenvalue weighted by Gasteiger charge is -2.30. The number of carbonyl (C=O) groups is 2. The summed E-state index contributed by atoms with van der Waals surface area (Å²) in [4.78, 5) is 36.5. The molecular weight excluding hydrogens is 451 g/mol. The summed E-state index contributed by atoms with van der Waals surface area (Å²) in [6.45, 7) is 0.557. The zero-order valence-corrected chi connectivity index (χ0v) is 19.4. The second-order valence-corrected chi connectivity index (χ2v) is 9.20. The van der Waals surface area contributed by atoms with E-state index in [-0.39, 0.29) is 29.5 Å². The summed E-state index contributed by atoms with van der Waals surface area (Å²) in [6, 6.07) is 5.92. The third-order valence-electron chi connectivity index (χ3n) is 7.15. The van der Waals surface area contributed by atoms with Gasteiger partial charge >= 0.3 is 5.97 Å². The number of carboxylic acid groups (broad SMARTS) is 1. The number of Topliss-reactive ketones (excluding diaryl/α,β-unsaturated/α-hetero) is 1. The number of fused-ring (bicyclic) bond motifs is 1. The van der Waals surface area contributed by atoms with Crippen LogP contribution in [0.15, 0.2) is 36.7 Å². The summed E-state index contributed by atoms with van der Waals surface area (Å²) in [6.07, 6.45) is 6.34. The molecule has 1 aliphatic heterocycles. The number of halogens is 1. The Labute approximate surface area is 201 Å². The highest BCUT2D eigenvalue weighted by Gasteiger charge is 2.34. The van der Waals surface area contributed by atoms with E-state index in [1.165, 1.54) is 25.6 Å². The van der Waals surface area contributed by atoms with Crippen molar-refractivity contribution in [3.8, 4) is 17.0 Å². The number of benzene rings is 1. The van der Waals surface area contributed by atoms with Gasteiger partial charge in [0, 0.05) is 29.1 Å². The molecule has 5 rings (SSSR count). The van der Waals surface area contributed by atoms with Crippen LogP contribution in [0.3, 0.4) is 0 Å². The molecule has 0 bridgehead atoms. The fourth-order valence-electron chi connectivity index (χ4n) is 5.22. The van der Waals surface area contributed by atoms with E-state index in [1.807, 2.05) is 12.1 Å². The van der Waals surface area contributed by atoms with Gasteiger partial charge in [-0.05, 0) is 61.9 Å². The Hall–Kier alpha value is -3.59. The van der Waals surface area contributed by atoms with Crippen molar-refractivity contribution < 1.29 is 23.8 Å². The van der Waals surface area contributed by atoms with Crippen LogP contribution in [0.4, 0.5) is 4.39 Å². The quantitative estimate of drug-likeness (QED) is 0.491. The van der Waals surface area contributed by atoms with E-state index >= 15 is 0 Å². The number of nitrogens with one attached hydrogen (secondary N) is 2. The first-order chi connectivity index (χ1) is 16.9. The Morgan fingerprint density at radius 3 is 2.63 bits per heavy atom. The van der Waals surface area contributed by atoms with Crippen molar-refractivity contribution in [2.45, 2.75) is 38.1 Å². The minimum Gasteiger partial charge on any atom is -0.496 e. The minimum atomic E-state index is -0.769. The number of methoxy groups -OCH3 is 1. The fourth-order valence-corrected chi connectivity index (χ4v) is 5.22. The second-order valence-electron chi connectivity index (χ2n) is 9.20. The smallest absolute Gasteiger partial charge is 0.306 e. The number of aromatic amines is 1. The molecule has 1 atom stereocenters. The lowest BCUT2D eigenvalue weighted by molar-refractivity contribution is -0.144. The maximum Gasteiger partial charge on any atom is 0.306 e. The van der Waals surface area contributed by atoms with Crippen molar-refractivity contribution >= 4 is 28.4 Å². The molecular formula is C26H27FN4O4. The van der Waals surface area contributed by atoms with E-state index in [2.05, 4.69) is 20.3 Å². The summed E-state index contributed by atoms with van der Waals surface area (Å²) in [5.41, 5.74) is 3.55.